The largest absolute Gasteiger partial charge is 0.494 e. The predicted octanol–water partition coefficient (Wildman–Crippen LogP) is 2.32. The second-order valence-corrected chi connectivity index (χ2v) is 5.63. The maximum absolute atomic E-state index is 12.0. The van der Waals surface area contributed by atoms with Crippen LogP contribution in [0.3, 0.4) is 0 Å². The van der Waals surface area contributed by atoms with E-state index in [1.165, 1.54) is 11.8 Å². The number of aromatic nitrogens is 2. The zero-order valence-corrected chi connectivity index (χ0v) is 12.9. The number of hydrogen-bond donors (Lipinski definition) is 1. The van der Waals surface area contributed by atoms with Crippen LogP contribution in [-0.2, 0) is 11.8 Å². The van der Waals surface area contributed by atoms with Gasteiger partial charge in [0.2, 0.25) is 0 Å². The quantitative estimate of drug-likeness (QED) is 0.883. The van der Waals surface area contributed by atoms with Crippen LogP contribution in [0, 0.1) is 0 Å². The van der Waals surface area contributed by atoms with E-state index in [0.29, 0.717) is 21.5 Å². The fourth-order valence-electron chi connectivity index (χ4n) is 1.98. The first-order chi connectivity index (χ1) is 10.7. The van der Waals surface area contributed by atoms with Crippen molar-refractivity contribution in [2.45, 2.75) is 0 Å². The number of nitrogens with one attached hydrogen (secondary N) is 1. The van der Waals surface area contributed by atoms with E-state index >= 15 is 0 Å². The number of amides is 1. The maximum atomic E-state index is 12.0. The first-order valence-electron chi connectivity index (χ1n) is 6.57. The number of para-hydroxylation sites is 2. The highest BCUT2D eigenvalue weighted by atomic mass is 32.2. The number of benzene rings is 1. The molecule has 1 aromatic carbocycles. The molecule has 1 aliphatic rings. The number of carbonyl (C=O) groups is 1. The Morgan fingerprint density at radius 2 is 2.23 bits per heavy atom. The minimum atomic E-state index is -0.164. The van der Waals surface area contributed by atoms with Gasteiger partial charge in [-0.2, -0.15) is 5.10 Å². The Kier molecular flexibility index (Phi) is 3.97. The molecular formula is C15H14N4O2S. The summed E-state index contributed by atoms with van der Waals surface area (Å²) < 4.78 is 6.94. The number of carbonyl (C=O) groups excluding carboxylic acids is 1. The first-order valence-corrected chi connectivity index (χ1v) is 7.38. The average Bonchev–Trinajstić information content (AvgIpc) is 3.06. The number of methoxy groups -OCH3 is 1. The number of aryl methyl sites for hydroxylation is 1. The Morgan fingerprint density at radius 3 is 2.95 bits per heavy atom. The Balaban J connectivity index is 1.85. The van der Waals surface area contributed by atoms with Crippen molar-refractivity contribution in [2.24, 2.45) is 12.0 Å². The summed E-state index contributed by atoms with van der Waals surface area (Å²) in [5, 5.41) is 7.36. The topological polar surface area (TPSA) is 68.5 Å². The van der Waals surface area contributed by atoms with Gasteiger partial charge in [0.1, 0.15) is 11.4 Å². The highest BCUT2D eigenvalue weighted by Gasteiger charge is 2.24. The van der Waals surface area contributed by atoms with Crippen molar-refractivity contribution in [3.8, 4) is 5.75 Å². The van der Waals surface area contributed by atoms with Crippen LogP contribution < -0.4 is 10.1 Å². The number of ether oxygens (including phenoxy) is 1. The number of thioether (sulfide) groups is 1. The van der Waals surface area contributed by atoms with Crippen LogP contribution in [0.5, 0.6) is 5.75 Å². The summed E-state index contributed by atoms with van der Waals surface area (Å²) in [5.41, 5.74) is 1.55. The average molecular weight is 314 g/mol. The monoisotopic (exact) mass is 314 g/mol. The van der Waals surface area contributed by atoms with Crippen LogP contribution in [0.1, 0.15) is 5.56 Å². The third kappa shape index (κ3) is 3.04. The standard InChI is InChI=1S/C15H14N4O2S/c1-19-9-10(8-16-19)7-13-14(20)18-15(22-13)17-11-5-3-4-6-12(11)21-2/h3-9H,1-2H3,(H,17,18,20)/b13-7-. The summed E-state index contributed by atoms with van der Waals surface area (Å²) in [6, 6.07) is 7.40. The van der Waals surface area contributed by atoms with Gasteiger partial charge in [-0.1, -0.05) is 12.1 Å². The lowest BCUT2D eigenvalue weighted by atomic mass is 10.3. The minimum absolute atomic E-state index is 0.164. The Labute approximate surface area is 131 Å². The molecule has 1 saturated heterocycles. The molecule has 0 atom stereocenters. The van der Waals surface area contributed by atoms with Crippen molar-refractivity contribution in [3.05, 3.63) is 47.1 Å². The van der Waals surface area contributed by atoms with Crippen LogP contribution in [0.2, 0.25) is 0 Å². The molecule has 1 N–H and O–H groups in total. The molecule has 6 nitrogen and oxygen atoms in total. The van der Waals surface area contributed by atoms with Crippen molar-refractivity contribution >= 4 is 34.6 Å². The third-order valence-electron chi connectivity index (χ3n) is 2.98. The molecule has 1 aromatic heterocycles. The van der Waals surface area contributed by atoms with Gasteiger partial charge in [0, 0.05) is 18.8 Å². The molecule has 0 unspecified atom stereocenters. The fourth-order valence-corrected chi connectivity index (χ4v) is 2.81. The number of aliphatic imine (C=N–C) groups is 1. The SMILES string of the molecule is COc1ccccc1N=C1NC(=O)/C(=C/c2cnn(C)c2)S1. The molecule has 22 heavy (non-hydrogen) atoms. The van der Waals surface area contributed by atoms with Crippen molar-refractivity contribution in [2.75, 3.05) is 7.11 Å². The van der Waals surface area contributed by atoms with E-state index in [-0.39, 0.29) is 5.91 Å². The Bertz CT molecular complexity index is 779. The molecule has 0 aliphatic carbocycles. The third-order valence-corrected chi connectivity index (χ3v) is 3.89. The second-order valence-electron chi connectivity index (χ2n) is 4.60. The molecule has 1 aliphatic heterocycles. The highest BCUT2D eigenvalue weighted by molar-refractivity contribution is 8.18. The van der Waals surface area contributed by atoms with E-state index in [1.54, 1.807) is 24.1 Å². The molecule has 7 heteroatoms. The van der Waals surface area contributed by atoms with Crippen molar-refractivity contribution in [1.82, 2.24) is 15.1 Å². The van der Waals surface area contributed by atoms with Gasteiger partial charge in [0.25, 0.3) is 5.91 Å². The molecule has 0 radical (unpaired) electrons. The highest BCUT2D eigenvalue weighted by Crippen LogP contribution is 2.31. The van der Waals surface area contributed by atoms with Gasteiger partial charge in [0.15, 0.2) is 5.17 Å². The number of rotatable bonds is 3. The van der Waals surface area contributed by atoms with Crippen molar-refractivity contribution in [1.29, 1.82) is 0 Å². The first kappa shape index (κ1) is 14.4. The normalized spacial score (nSPS) is 18.0. The maximum Gasteiger partial charge on any atom is 0.264 e. The lowest BCUT2D eigenvalue weighted by Crippen LogP contribution is -2.19. The summed E-state index contributed by atoms with van der Waals surface area (Å²) in [6.07, 6.45) is 5.34. The zero-order valence-electron chi connectivity index (χ0n) is 12.1. The Morgan fingerprint density at radius 1 is 1.41 bits per heavy atom. The predicted molar refractivity (Wildman–Crippen MR) is 87.0 cm³/mol. The van der Waals surface area contributed by atoms with E-state index in [9.17, 15) is 4.79 Å². The van der Waals surface area contributed by atoms with Gasteiger partial charge in [-0.05, 0) is 30.0 Å². The van der Waals surface area contributed by atoms with Gasteiger partial charge in [-0.25, -0.2) is 4.99 Å². The van der Waals surface area contributed by atoms with E-state index in [0.717, 1.165) is 5.56 Å². The van der Waals surface area contributed by atoms with E-state index in [4.69, 9.17) is 4.74 Å². The summed E-state index contributed by atoms with van der Waals surface area (Å²) in [6.45, 7) is 0. The minimum Gasteiger partial charge on any atom is -0.494 e. The molecule has 112 valence electrons. The number of amidine groups is 1. The van der Waals surface area contributed by atoms with Gasteiger partial charge in [-0.3, -0.25) is 9.48 Å². The second kappa shape index (κ2) is 6.07. The molecule has 0 spiro atoms. The molecule has 0 saturated carbocycles. The van der Waals surface area contributed by atoms with Gasteiger partial charge in [0.05, 0.1) is 18.2 Å². The Hall–Kier alpha value is -2.54. The molecule has 2 aromatic rings. The fraction of sp³-hybridized carbons (Fsp3) is 0.133. The van der Waals surface area contributed by atoms with Crippen LogP contribution in [0.15, 0.2) is 46.6 Å². The zero-order chi connectivity index (χ0) is 15.5. The van der Waals surface area contributed by atoms with Crippen LogP contribution in [-0.4, -0.2) is 28.0 Å². The molecule has 1 fully saturated rings. The number of hydrogen-bond acceptors (Lipinski definition) is 5. The van der Waals surface area contributed by atoms with Crippen molar-refractivity contribution < 1.29 is 9.53 Å². The van der Waals surface area contributed by atoms with E-state index in [1.807, 2.05) is 37.5 Å². The van der Waals surface area contributed by atoms with E-state index < -0.39 is 0 Å². The van der Waals surface area contributed by atoms with Crippen LogP contribution in [0.4, 0.5) is 5.69 Å². The molecule has 3 rings (SSSR count). The van der Waals surface area contributed by atoms with Gasteiger partial charge >= 0.3 is 0 Å². The molecule has 1 amide bonds. The lowest BCUT2D eigenvalue weighted by Gasteiger charge is -2.03. The van der Waals surface area contributed by atoms with Crippen LogP contribution >= 0.6 is 11.8 Å². The summed E-state index contributed by atoms with van der Waals surface area (Å²) in [7, 11) is 3.42. The number of nitrogens with zero attached hydrogens (tertiary/aromatic N) is 3. The van der Waals surface area contributed by atoms with Gasteiger partial charge in [-0.15, -0.1) is 0 Å². The summed E-state index contributed by atoms with van der Waals surface area (Å²) in [5.74, 6) is 0.497. The van der Waals surface area contributed by atoms with Crippen molar-refractivity contribution in [3.63, 3.8) is 0 Å². The summed E-state index contributed by atoms with van der Waals surface area (Å²) >= 11 is 1.29. The lowest BCUT2D eigenvalue weighted by molar-refractivity contribution is -0.115. The van der Waals surface area contributed by atoms with E-state index in [2.05, 4.69) is 15.4 Å². The summed E-state index contributed by atoms with van der Waals surface area (Å²) in [4.78, 5) is 17.0. The van der Waals surface area contributed by atoms with Crippen LogP contribution in [0.25, 0.3) is 6.08 Å². The molecule has 0 bridgehead atoms. The molecular weight excluding hydrogens is 300 g/mol. The molecule has 2 heterocycles. The van der Waals surface area contributed by atoms with Gasteiger partial charge < -0.3 is 10.1 Å². The smallest absolute Gasteiger partial charge is 0.264 e.